The van der Waals surface area contributed by atoms with Crippen molar-refractivity contribution in [3.8, 4) is 0 Å². The summed E-state index contributed by atoms with van der Waals surface area (Å²) in [5, 5.41) is 5.70. The highest BCUT2D eigenvalue weighted by molar-refractivity contribution is 5.90. The van der Waals surface area contributed by atoms with Crippen molar-refractivity contribution in [2.24, 2.45) is 7.05 Å². The maximum Gasteiger partial charge on any atom is 0.345 e. The fourth-order valence-electron chi connectivity index (χ4n) is 3.60. The lowest BCUT2D eigenvalue weighted by Gasteiger charge is -2.31. The highest BCUT2D eigenvalue weighted by Gasteiger charge is 2.52. The predicted molar refractivity (Wildman–Crippen MR) is 92.6 cm³/mol. The fourth-order valence-corrected chi connectivity index (χ4v) is 3.60. The molecule has 1 saturated heterocycles. The van der Waals surface area contributed by atoms with E-state index in [0.29, 0.717) is 13.2 Å². The van der Waals surface area contributed by atoms with Crippen LogP contribution >= 0.6 is 0 Å². The van der Waals surface area contributed by atoms with Crippen LogP contribution in [0.25, 0.3) is 0 Å². The van der Waals surface area contributed by atoms with Crippen LogP contribution in [0.4, 0.5) is 4.79 Å². The topological polar surface area (TPSA) is 70.9 Å². The lowest BCUT2D eigenvalue weighted by Crippen LogP contribution is -2.43. The quantitative estimate of drug-likeness (QED) is 0.833. The molecule has 0 N–H and O–H groups in total. The Kier molecular flexibility index (Phi) is 3.91. The summed E-state index contributed by atoms with van der Waals surface area (Å²) in [7, 11) is 5.17. The van der Waals surface area contributed by atoms with Crippen molar-refractivity contribution < 1.29 is 14.4 Å². The van der Waals surface area contributed by atoms with Gasteiger partial charge in [0.05, 0.1) is 18.4 Å². The van der Waals surface area contributed by atoms with Gasteiger partial charge in [-0.25, -0.2) is 4.79 Å². The van der Waals surface area contributed by atoms with Crippen molar-refractivity contribution in [1.82, 2.24) is 24.6 Å². The molecule has 8 heteroatoms. The summed E-state index contributed by atoms with van der Waals surface area (Å²) in [5.41, 5.74) is 2.59. The molecule has 2 aromatic rings. The van der Waals surface area contributed by atoms with Gasteiger partial charge in [-0.05, 0) is 5.56 Å². The lowest BCUT2D eigenvalue weighted by molar-refractivity contribution is -0.141. The number of urea groups is 1. The van der Waals surface area contributed by atoms with E-state index in [-0.39, 0.29) is 18.0 Å². The van der Waals surface area contributed by atoms with Crippen LogP contribution in [0.15, 0.2) is 36.5 Å². The first-order valence-electron chi connectivity index (χ1n) is 8.48. The standard InChI is InChI=1S/C18H21N5O3/c1-20(2)17(24)16-15-13(9-19-21(15)3)14-10-22(16)18(25)23(14)26-11-12-7-5-4-6-8-12/h4-9,14,16H,10-11H2,1-3H3/t14-,16-/m0/s1. The summed E-state index contributed by atoms with van der Waals surface area (Å²) < 4.78 is 1.68. The van der Waals surface area contributed by atoms with Gasteiger partial charge in [-0.15, -0.1) is 0 Å². The molecule has 136 valence electrons. The Labute approximate surface area is 151 Å². The van der Waals surface area contributed by atoms with Gasteiger partial charge >= 0.3 is 6.03 Å². The molecule has 8 nitrogen and oxygen atoms in total. The second-order valence-corrected chi connectivity index (χ2v) is 6.78. The zero-order valence-electron chi connectivity index (χ0n) is 15.0. The van der Waals surface area contributed by atoms with Crippen molar-refractivity contribution in [1.29, 1.82) is 0 Å². The van der Waals surface area contributed by atoms with Gasteiger partial charge in [-0.3, -0.25) is 14.3 Å². The molecule has 3 amide bonds. The number of hydrogen-bond acceptors (Lipinski definition) is 4. The van der Waals surface area contributed by atoms with E-state index in [1.807, 2.05) is 30.3 Å². The molecule has 0 unspecified atom stereocenters. The molecule has 2 bridgehead atoms. The number of likely N-dealkylation sites (N-methyl/N-ethyl adjacent to an activating group) is 1. The van der Waals surface area contributed by atoms with Gasteiger partial charge in [0.25, 0.3) is 5.91 Å². The average Bonchev–Trinajstić information content (AvgIpc) is 3.15. The minimum atomic E-state index is -0.679. The second-order valence-electron chi connectivity index (χ2n) is 6.78. The number of hydrogen-bond donors (Lipinski definition) is 0. The van der Waals surface area contributed by atoms with Crippen molar-refractivity contribution >= 4 is 11.9 Å². The molecule has 0 radical (unpaired) electrons. The Balaban J connectivity index is 1.66. The molecule has 0 spiro atoms. The summed E-state index contributed by atoms with van der Waals surface area (Å²) in [4.78, 5) is 34.6. The number of carbonyl (C=O) groups is 2. The number of carbonyl (C=O) groups excluding carboxylic acids is 2. The van der Waals surface area contributed by atoms with Crippen molar-refractivity contribution in [3.63, 3.8) is 0 Å². The minimum absolute atomic E-state index is 0.147. The molecule has 1 aromatic carbocycles. The highest BCUT2D eigenvalue weighted by Crippen LogP contribution is 2.44. The number of fused-ring (bicyclic) bond motifs is 4. The van der Waals surface area contributed by atoms with Crippen LogP contribution in [-0.2, 0) is 23.3 Å². The Hall–Kier alpha value is -2.87. The third kappa shape index (κ3) is 2.45. The second kappa shape index (κ2) is 6.14. The van der Waals surface area contributed by atoms with Crippen LogP contribution in [0, 0.1) is 0 Å². The number of aromatic nitrogens is 2. The Morgan fingerprint density at radius 3 is 2.73 bits per heavy atom. The lowest BCUT2D eigenvalue weighted by atomic mass is 9.97. The van der Waals surface area contributed by atoms with E-state index in [2.05, 4.69) is 5.10 Å². The van der Waals surface area contributed by atoms with Crippen LogP contribution in [0.1, 0.15) is 28.9 Å². The zero-order chi connectivity index (χ0) is 18.4. The van der Waals surface area contributed by atoms with Crippen molar-refractivity contribution in [2.75, 3.05) is 20.6 Å². The first-order valence-corrected chi connectivity index (χ1v) is 8.48. The molecular weight excluding hydrogens is 334 g/mol. The van der Waals surface area contributed by atoms with Crippen molar-refractivity contribution in [2.45, 2.75) is 18.7 Å². The Bertz CT molecular complexity index is 848. The number of hydroxylamine groups is 2. The first kappa shape index (κ1) is 16.6. The molecule has 2 aliphatic heterocycles. The molecule has 4 rings (SSSR count). The van der Waals surface area contributed by atoms with Gasteiger partial charge in [0, 0.05) is 26.7 Å². The molecule has 0 aliphatic carbocycles. The van der Waals surface area contributed by atoms with Gasteiger partial charge in [-0.2, -0.15) is 10.2 Å². The molecule has 2 atom stereocenters. The van der Waals surface area contributed by atoms with Crippen LogP contribution in [0.5, 0.6) is 0 Å². The number of aryl methyl sites for hydroxylation is 1. The Morgan fingerprint density at radius 2 is 2.04 bits per heavy atom. The van der Waals surface area contributed by atoms with E-state index in [1.54, 1.807) is 36.9 Å². The number of amides is 3. The van der Waals surface area contributed by atoms with E-state index in [9.17, 15) is 9.59 Å². The van der Waals surface area contributed by atoms with E-state index < -0.39 is 6.04 Å². The average molecular weight is 355 g/mol. The normalized spacial score (nSPS) is 21.1. The van der Waals surface area contributed by atoms with Crippen LogP contribution in [-0.4, -0.2) is 57.2 Å². The third-order valence-corrected chi connectivity index (χ3v) is 4.92. The smallest absolute Gasteiger partial charge is 0.345 e. The molecule has 2 aliphatic rings. The predicted octanol–water partition coefficient (Wildman–Crippen LogP) is 1.47. The molecular formula is C18H21N5O3. The van der Waals surface area contributed by atoms with Crippen LogP contribution in [0.3, 0.4) is 0 Å². The molecule has 0 saturated carbocycles. The number of rotatable bonds is 4. The van der Waals surface area contributed by atoms with Gasteiger partial charge in [0.2, 0.25) is 0 Å². The summed E-state index contributed by atoms with van der Waals surface area (Å²) in [6, 6.07) is 8.45. The van der Waals surface area contributed by atoms with Crippen molar-refractivity contribution in [3.05, 3.63) is 53.3 Å². The van der Waals surface area contributed by atoms with Gasteiger partial charge in [0.1, 0.15) is 12.6 Å². The summed E-state index contributed by atoms with van der Waals surface area (Å²) in [5.74, 6) is -0.147. The fraction of sp³-hybridized carbons (Fsp3) is 0.389. The van der Waals surface area contributed by atoms with E-state index in [4.69, 9.17) is 4.84 Å². The summed E-state index contributed by atoms with van der Waals surface area (Å²) >= 11 is 0. The first-order chi connectivity index (χ1) is 12.5. The van der Waals surface area contributed by atoms with Crippen LogP contribution < -0.4 is 0 Å². The number of nitrogens with zero attached hydrogens (tertiary/aromatic N) is 5. The van der Waals surface area contributed by atoms with Gasteiger partial charge in [-0.1, -0.05) is 30.3 Å². The van der Waals surface area contributed by atoms with E-state index in [0.717, 1.165) is 16.8 Å². The zero-order valence-corrected chi connectivity index (χ0v) is 15.0. The Morgan fingerprint density at radius 1 is 1.31 bits per heavy atom. The third-order valence-electron chi connectivity index (χ3n) is 4.92. The van der Waals surface area contributed by atoms with E-state index >= 15 is 0 Å². The van der Waals surface area contributed by atoms with Gasteiger partial charge in [0.15, 0.2) is 6.04 Å². The molecule has 1 aromatic heterocycles. The molecule has 3 heterocycles. The largest absolute Gasteiger partial charge is 0.347 e. The summed E-state index contributed by atoms with van der Waals surface area (Å²) in [6.07, 6.45) is 1.73. The highest BCUT2D eigenvalue weighted by atomic mass is 16.7. The van der Waals surface area contributed by atoms with Crippen LogP contribution in [0.2, 0.25) is 0 Å². The monoisotopic (exact) mass is 355 g/mol. The molecule has 1 fully saturated rings. The van der Waals surface area contributed by atoms with E-state index in [1.165, 1.54) is 9.96 Å². The van der Waals surface area contributed by atoms with Gasteiger partial charge < -0.3 is 9.80 Å². The SMILES string of the molecule is CN(C)C(=O)[C@@H]1c2c(cnn2C)[C@@H]2CN1C(=O)N2OCc1ccccc1. The molecule has 26 heavy (non-hydrogen) atoms. The maximum absolute atomic E-state index is 12.9. The number of benzene rings is 1. The maximum atomic E-state index is 12.9. The summed E-state index contributed by atoms with van der Waals surface area (Å²) in [6.45, 7) is 0.704. The minimum Gasteiger partial charge on any atom is -0.347 e.